The lowest BCUT2D eigenvalue weighted by Gasteiger charge is -2.30. The van der Waals surface area contributed by atoms with E-state index in [4.69, 9.17) is 0 Å². The topological polar surface area (TPSA) is 8.17 Å². The third kappa shape index (κ3) is 5.79. The van der Waals surface area contributed by atoms with Crippen molar-refractivity contribution in [1.29, 1.82) is 0 Å². The molecular formula is C57H42N2. The first-order chi connectivity index (χ1) is 29.0. The first-order valence-electron chi connectivity index (χ1n) is 20.5. The van der Waals surface area contributed by atoms with Gasteiger partial charge in [0.2, 0.25) is 0 Å². The van der Waals surface area contributed by atoms with Crippen molar-refractivity contribution >= 4 is 38.9 Å². The Labute approximate surface area is 345 Å². The van der Waals surface area contributed by atoms with Crippen LogP contribution < -0.4 is 4.90 Å². The molecule has 280 valence electrons. The zero-order valence-corrected chi connectivity index (χ0v) is 33.2. The zero-order chi connectivity index (χ0) is 39.5. The average molecular weight is 755 g/mol. The van der Waals surface area contributed by atoms with Crippen LogP contribution in [0.15, 0.2) is 218 Å². The molecule has 0 unspecified atom stereocenters. The Morgan fingerprint density at radius 1 is 0.356 bits per heavy atom. The van der Waals surface area contributed by atoms with Crippen molar-refractivity contribution in [2.45, 2.75) is 19.3 Å². The summed E-state index contributed by atoms with van der Waals surface area (Å²) in [5.41, 5.74) is 19.4. The number of aromatic nitrogens is 1. The van der Waals surface area contributed by atoms with Crippen LogP contribution in [0.25, 0.3) is 72.0 Å². The standard InChI is InChI=1S/C57H42N2/c1-57(2)52-25-12-9-23-48(52)49-34-33-46(38-53(49)57)58(54-26-13-10-22-47(54)43-19-15-18-41(36-43)39-16-5-3-6-17-39)45-31-28-40(29-32-45)42-30-35-56-51(37-42)50-24-11-14-27-55(50)59(56)44-20-7-4-8-21-44/h3-38H,1-2H3. The fourth-order valence-electron chi connectivity index (χ4n) is 9.48. The van der Waals surface area contributed by atoms with Crippen molar-refractivity contribution in [2.24, 2.45) is 0 Å². The summed E-state index contributed by atoms with van der Waals surface area (Å²) in [4.78, 5) is 2.45. The molecule has 0 saturated heterocycles. The number of nitrogens with zero attached hydrogens (tertiary/aromatic N) is 2. The van der Waals surface area contributed by atoms with Gasteiger partial charge in [0, 0.05) is 38.8 Å². The molecule has 0 aliphatic heterocycles. The summed E-state index contributed by atoms with van der Waals surface area (Å²) in [5, 5.41) is 2.51. The molecule has 0 radical (unpaired) electrons. The number of rotatable bonds is 7. The molecule has 0 fully saturated rings. The summed E-state index contributed by atoms with van der Waals surface area (Å²) in [6.07, 6.45) is 0. The van der Waals surface area contributed by atoms with Gasteiger partial charge in [0.05, 0.1) is 16.7 Å². The van der Waals surface area contributed by atoms with Crippen molar-refractivity contribution in [3.8, 4) is 50.2 Å². The minimum atomic E-state index is -0.122. The van der Waals surface area contributed by atoms with E-state index in [1.807, 2.05) is 0 Å². The Morgan fingerprint density at radius 2 is 0.932 bits per heavy atom. The quantitative estimate of drug-likeness (QED) is 0.157. The zero-order valence-electron chi connectivity index (χ0n) is 33.2. The SMILES string of the molecule is CC1(C)c2ccccc2-c2ccc(N(c3ccc(-c4ccc5c(c4)c4ccccc4n5-c4ccccc4)cc3)c3ccccc3-c3cccc(-c4ccccc4)c3)cc21. The molecule has 59 heavy (non-hydrogen) atoms. The summed E-state index contributed by atoms with van der Waals surface area (Å²) in [5.74, 6) is 0. The number of para-hydroxylation sites is 3. The second-order valence-electron chi connectivity index (χ2n) is 16.2. The molecule has 1 heterocycles. The number of hydrogen-bond acceptors (Lipinski definition) is 1. The van der Waals surface area contributed by atoms with Crippen molar-refractivity contribution in [2.75, 3.05) is 4.90 Å². The third-order valence-corrected chi connectivity index (χ3v) is 12.4. The lowest BCUT2D eigenvalue weighted by atomic mass is 9.82. The van der Waals surface area contributed by atoms with E-state index in [0.29, 0.717) is 0 Å². The lowest BCUT2D eigenvalue weighted by Crippen LogP contribution is -2.16. The van der Waals surface area contributed by atoms with E-state index in [2.05, 4.69) is 242 Å². The molecule has 10 aromatic rings. The van der Waals surface area contributed by atoms with Gasteiger partial charge in [-0.25, -0.2) is 0 Å². The van der Waals surface area contributed by atoms with E-state index in [1.54, 1.807) is 0 Å². The van der Waals surface area contributed by atoms with Gasteiger partial charge in [-0.2, -0.15) is 0 Å². The molecule has 9 aromatic carbocycles. The minimum absolute atomic E-state index is 0.122. The van der Waals surface area contributed by atoms with Gasteiger partial charge in [0.25, 0.3) is 0 Å². The Balaban J connectivity index is 1.05. The highest BCUT2D eigenvalue weighted by molar-refractivity contribution is 6.10. The van der Waals surface area contributed by atoms with Crippen LogP contribution in [0.4, 0.5) is 17.1 Å². The monoisotopic (exact) mass is 754 g/mol. The van der Waals surface area contributed by atoms with Gasteiger partial charge in [0.15, 0.2) is 0 Å². The summed E-state index contributed by atoms with van der Waals surface area (Å²) >= 11 is 0. The maximum atomic E-state index is 2.45. The van der Waals surface area contributed by atoms with Crippen LogP contribution in [0.5, 0.6) is 0 Å². The highest BCUT2D eigenvalue weighted by Gasteiger charge is 2.36. The number of anilines is 3. The van der Waals surface area contributed by atoms with Crippen LogP contribution in [-0.4, -0.2) is 4.57 Å². The second kappa shape index (κ2) is 13.9. The third-order valence-electron chi connectivity index (χ3n) is 12.4. The van der Waals surface area contributed by atoms with E-state index in [9.17, 15) is 0 Å². The summed E-state index contributed by atoms with van der Waals surface area (Å²) < 4.78 is 2.37. The minimum Gasteiger partial charge on any atom is -0.310 e. The average Bonchev–Trinajstić information content (AvgIpc) is 3.75. The van der Waals surface area contributed by atoms with Crippen LogP contribution in [0.2, 0.25) is 0 Å². The highest BCUT2D eigenvalue weighted by Crippen LogP contribution is 2.51. The fourth-order valence-corrected chi connectivity index (χ4v) is 9.48. The number of hydrogen-bond donors (Lipinski definition) is 0. The molecule has 2 nitrogen and oxygen atoms in total. The lowest BCUT2D eigenvalue weighted by molar-refractivity contribution is 0.660. The first-order valence-corrected chi connectivity index (χ1v) is 20.5. The van der Waals surface area contributed by atoms with Gasteiger partial charge in [-0.1, -0.05) is 166 Å². The highest BCUT2D eigenvalue weighted by atomic mass is 15.1. The molecule has 0 saturated carbocycles. The Bertz CT molecular complexity index is 3170. The van der Waals surface area contributed by atoms with Crippen LogP contribution in [0.3, 0.4) is 0 Å². The maximum Gasteiger partial charge on any atom is 0.0541 e. The van der Waals surface area contributed by atoms with Crippen LogP contribution >= 0.6 is 0 Å². The molecule has 1 aromatic heterocycles. The largest absolute Gasteiger partial charge is 0.310 e. The van der Waals surface area contributed by atoms with Gasteiger partial charge in [-0.15, -0.1) is 0 Å². The molecule has 0 spiro atoms. The van der Waals surface area contributed by atoms with E-state index in [0.717, 1.165) is 17.1 Å². The molecule has 0 bridgehead atoms. The molecule has 0 amide bonds. The summed E-state index contributed by atoms with van der Waals surface area (Å²) in [6, 6.07) is 79.8. The van der Waals surface area contributed by atoms with Gasteiger partial charge >= 0.3 is 0 Å². The first kappa shape index (κ1) is 34.8. The summed E-state index contributed by atoms with van der Waals surface area (Å²) in [7, 11) is 0. The van der Waals surface area contributed by atoms with Crippen molar-refractivity contribution in [1.82, 2.24) is 4.57 Å². The molecule has 2 heteroatoms. The van der Waals surface area contributed by atoms with Crippen molar-refractivity contribution in [3.05, 3.63) is 230 Å². The molecule has 1 aliphatic carbocycles. The number of benzene rings is 9. The van der Waals surface area contributed by atoms with Gasteiger partial charge in [-0.3, -0.25) is 0 Å². The molecule has 1 aliphatic rings. The van der Waals surface area contributed by atoms with Gasteiger partial charge in [0.1, 0.15) is 0 Å². The molecule has 11 rings (SSSR count). The van der Waals surface area contributed by atoms with Gasteiger partial charge in [-0.05, 0) is 117 Å². The predicted octanol–water partition coefficient (Wildman–Crippen LogP) is 15.6. The Hall–Kier alpha value is -7.42. The Morgan fingerprint density at radius 3 is 1.76 bits per heavy atom. The molecule has 0 N–H and O–H groups in total. The van der Waals surface area contributed by atoms with E-state index >= 15 is 0 Å². The Kier molecular flexibility index (Phi) is 8.20. The van der Waals surface area contributed by atoms with E-state index in [1.165, 1.54) is 83.1 Å². The maximum absolute atomic E-state index is 2.45. The van der Waals surface area contributed by atoms with Crippen molar-refractivity contribution in [3.63, 3.8) is 0 Å². The summed E-state index contributed by atoms with van der Waals surface area (Å²) in [6.45, 7) is 4.72. The smallest absolute Gasteiger partial charge is 0.0541 e. The fraction of sp³-hybridized carbons (Fsp3) is 0.0526. The second-order valence-corrected chi connectivity index (χ2v) is 16.2. The van der Waals surface area contributed by atoms with E-state index < -0.39 is 0 Å². The molecular weight excluding hydrogens is 713 g/mol. The number of fused-ring (bicyclic) bond motifs is 6. The van der Waals surface area contributed by atoms with Crippen molar-refractivity contribution < 1.29 is 0 Å². The molecule has 0 atom stereocenters. The van der Waals surface area contributed by atoms with Crippen LogP contribution in [0.1, 0.15) is 25.0 Å². The normalized spacial score (nSPS) is 12.7. The predicted molar refractivity (Wildman–Crippen MR) is 249 cm³/mol. The van der Waals surface area contributed by atoms with Gasteiger partial charge < -0.3 is 9.47 Å². The van der Waals surface area contributed by atoms with Crippen LogP contribution in [-0.2, 0) is 5.41 Å². The van der Waals surface area contributed by atoms with Crippen LogP contribution in [0, 0.1) is 0 Å². The van der Waals surface area contributed by atoms with E-state index in [-0.39, 0.29) is 5.41 Å².